The van der Waals surface area contributed by atoms with E-state index in [1.807, 2.05) is 80.5 Å². The molecule has 7 aliphatic heterocycles. The standard InChI is InChI=1S/C62H90N13O14P.C10H12N5O3.Co/c1-29-20-39-40(21-30(29)2)75(28-70-39)57-52(84)53(41(27-76)87-57)89-90(85,86)88-31(3)26-69-49(83)18-19-59(8)37(22-46(66)80)56-62(11)61(10,25-48(68)82)36(14-17-45(65)79)51(74-62)33(5)55-60(9,24-47(67)81)34(12-15-43(63)77)38(71-55)23-42-58(6,7)35(13-16-44(64)78)50(72-42)32(4)54(59)73-56;1-3-7(16)8(17)9(18-3)5-4-6(15-14-5)10(11)13-2-12-4;/h20-21,23,28,31,34-37,41,52-53,56-57,76,84H,12-19,22,24-27H2,1-11H3,(H15,63,64,65,66,67,68,69,71,72,73,74,77,78,79,80,81,82,83,85,86);2-3,7-9,16-17H,1H2,(H,14,15)(H2,11,12,13);/q;-1;+2/p-2. The van der Waals surface area contributed by atoms with Gasteiger partial charge in [-0.25, -0.2) is 15.0 Å². The maximum Gasteiger partial charge on any atom is 2.00 e. The number of carbonyl (C=O) groups excluding carboxylic acids is 7. The SMILES string of the molecule is CC1=C2N=C(C=C3N=C(C(C)=C4[N-]C(C(CC(N)=O)C4(C)CCC(=O)NCC(C)OP(=O)([O-])OC4C(CO)OC(n5cnc6cc(C)c(C)cc65)C4O)C4(C)N=C1C(CCC(N)=O)C4(C)CC(N)=O)C(CCC(N)=O)C3(C)C)C(CCC(N)=O)C2(C)CC(N)=O.[CH2-]C1OC(c2[nH]nc3c(N)ncnc23)C(O)C1O.[Co+2]. The molecule has 11 rings (SSSR count). The van der Waals surface area contributed by atoms with E-state index in [0.717, 1.165) is 11.1 Å². The van der Waals surface area contributed by atoms with Gasteiger partial charge in [0, 0.05) is 108 Å². The Labute approximate surface area is 640 Å². The van der Waals surface area contributed by atoms with E-state index in [-0.39, 0.29) is 99.8 Å². The number of phosphoric acid groups is 1. The number of amides is 7. The molecule has 7 amide bonds. The zero-order valence-electron chi connectivity index (χ0n) is 62.8. The van der Waals surface area contributed by atoms with Crippen LogP contribution in [0.1, 0.15) is 162 Å². The van der Waals surface area contributed by atoms with Crippen molar-refractivity contribution in [2.24, 2.45) is 94.7 Å². The molecule has 109 heavy (non-hydrogen) atoms. The molecule has 4 aromatic rings. The second-order valence-electron chi connectivity index (χ2n) is 31.2. The molecule has 0 aliphatic carbocycles. The number of aliphatic imine (C=N–C) groups is 3. The van der Waals surface area contributed by atoms with Crippen LogP contribution in [0, 0.1) is 66.1 Å². The smallest absolute Gasteiger partial charge is 0.756 e. The van der Waals surface area contributed by atoms with Crippen molar-refractivity contribution in [1.82, 2.24) is 35.0 Å². The summed E-state index contributed by atoms with van der Waals surface area (Å²) < 4.78 is 37.3. The molecule has 20 N–H and O–H groups in total. The van der Waals surface area contributed by atoms with Crippen molar-refractivity contribution in [3.63, 3.8) is 0 Å². The van der Waals surface area contributed by atoms with Crippen LogP contribution in [-0.2, 0) is 73.4 Å². The van der Waals surface area contributed by atoms with E-state index in [1.165, 1.54) is 24.1 Å². The number of H-pyrrole nitrogens is 1. The maximum atomic E-state index is 14.4. The largest absolute Gasteiger partial charge is 2.00 e. The van der Waals surface area contributed by atoms with Gasteiger partial charge in [-0.3, -0.25) is 58.2 Å². The summed E-state index contributed by atoms with van der Waals surface area (Å²) in [6.07, 6.45) is -7.09. The van der Waals surface area contributed by atoms with E-state index < -0.39 is 168 Å². The van der Waals surface area contributed by atoms with Gasteiger partial charge in [0.1, 0.15) is 42.4 Å². The fraction of sp³-hybridized carbons (Fsp3) is 0.597. The molecule has 3 fully saturated rings. The first-order chi connectivity index (χ1) is 50.4. The van der Waals surface area contributed by atoms with Gasteiger partial charge in [0.05, 0.1) is 53.1 Å². The number of ether oxygens (including phenoxy) is 2. The second kappa shape index (κ2) is 32.2. The van der Waals surface area contributed by atoms with Gasteiger partial charge in [0.2, 0.25) is 41.4 Å². The molecule has 37 heteroatoms. The zero-order valence-corrected chi connectivity index (χ0v) is 64.7. The summed E-state index contributed by atoms with van der Waals surface area (Å²) in [4.78, 5) is 136. The number of fused-ring (bicyclic) bond motifs is 8. The quantitative estimate of drug-likeness (QED) is 0.0301. The van der Waals surface area contributed by atoms with Gasteiger partial charge in [0.15, 0.2) is 17.6 Å². The summed E-state index contributed by atoms with van der Waals surface area (Å²) in [5.41, 5.74) is 43.7. The predicted molar refractivity (Wildman–Crippen MR) is 393 cm³/mol. The number of nitrogens with one attached hydrogen (secondary N) is 2. The minimum absolute atomic E-state index is 0. The molecule has 10 heterocycles. The molecule has 0 spiro atoms. The summed E-state index contributed by atoms with van der Waals surface area (Å²) in [6, 6.07) is 2.65. The molecule has 3 aromatic heterocycles. The third-order valence-electron chi connectivity index (χ3n) is 23.5. The molecular formula is C72H100CoN18O17P-. The van der Waals surface area contributed by atoms with E-state index >= 15 is 0 Å². The van der Waals surface area contributed by atoms with Crippen molar-refractivity contribution in [2.75, 3.05) is 18.9 Å². The molecule has 3 saturated heterocycles. The average molecular weight is 1580 g/mol. The summed E-state index contributed by atoms with van der Waals surface area (Å²) >= 11 is 0. The number of anilines is 1. The normalized spacial score (nSPS) is 31.8. The Morgan fingerprint density at radius 2 is 1.39 bits per heavy atom. The molecule has 1 radical (unpaired) electrons. The topological polar surface area (TPSA) is 595 Å². The number of hydrogen-bond acceptors (Lipinski definition) is 25. The van der Waals surface area contributed by atoms with Crippen molar-refractivity contribution < 1.29 is 98.7 Å². The molecule has 35 nitrogen and oxygen atoms in total. The van der Waals surface area contributed by atoms with Crippen molar-refractivity contribution in [1.29, 1.82) is 0 Å². The van der Waals surface area contributed by atoms with Crippen LogP contribution in [-0.4, -0.2) is 176 Å². The van der Waals surface area contributed by atoms with E-state index in [4.69, 9.17) is 79.0 Å². The number of aliphatic hydroxyl groups excluding tert-OH is 4. The second-order valence-corrected chi connectivity index (χ2v) is 32.5. The number of rotatable bonds is 27. The number of aliphatic hydroxyl groups is 4. The van der Waals surface area contributed by atoms with E-state index in [1.54, 1.807) is 6.92 Å². The molecule has 19 unspecified atom stereocenters. The number of phosphoric ester groups is 1. The summed E-state index contributed by atoms with van der Waals surface area (Å²) in [5.74, 6) is -7.17. The third kappa shape index (κ3) is 16.3. The van der Waals surface area contributed by atoms with Gasteiger partial charge >= 0.3 is 16.8 Å². The van der Waals surface area contributed by atoms with Crippen molar-refractivity contribution in [3.8, 4) is 0 Å². The van der Waals surface area contributed by atoms with Crippen LogP contribution in [0.4, 0.5) is 5.82 Å². The van der Waals surface area contributed by atoms with Crippen LogP contribution in [0.3, 0.4) is 0 Å². The van der Waals surface area contributed by atoms with E-state index in [0.29, 0.717) is 73.1 Å². The predicted octanol–water partition coefficient (Wildman–Crippen LogP) is 2.24. The van der Waals surface area contributed by atoms with Crippen LogP contribution >= 0.6 is 7.82 Å². The number of benzene rings is 1. The zero-order chi connectivity index (χ0) is 79.6. The van der Waals surface area contributed by atoms with Gasteiger partial charge in [-0.1, -0.05) is 40.7 Å². The Hall–Kier alpha value is -8.26. The number of imidazole rings is 1. The summed E-state index contributed by atoms with van der Waals surface area (Å²) in [7, 11) is -5.32. The number of hydrogen-bond donors (Lipinski definition) is 13. The Bertz CT molecular complexity index is 4520. The number of allylic oxidation sites excluding steroid dienone is 6. The van der Waals surface area contributed by atoms with Gasteiger partial charge in [-0.15, -0.1) is 0 Å². The summed E-state index contributed by atoms with van der Waals surface area (Å²) in [5, 5.41) is 56.3. The van der Waals surface area contributed by atoms with Gasteiger partial charge in [-0.2, -0.15) is 10.8 Å². The number of aromatic nitrogens is 6. The summed E-state index contributed by atoms with van der Waals surface area (Å²) in [6.45, 7) is 22.6. The first kappa shape index (κ1) is 84.8. The van der Waals surface area contributed by atoms with E-state index in [9.17, 15) is 63.4 Å². The molecule has 8 bridgehead atoms. The number of aromatic amines is 1. The number of primary amides is 6. The third-order valence-corrected chi connectivity index (χ3v) is 24.6. The first-order valence-corrected chi connectivity index (χ1v) is 37.3. The average Bonchev–Trinajstić information content (AvgIpc) is 1.53. The van der Waals surface area contributed by atoms with Gasteiger partial charge < -0.3 is 106 Å². The fourth-order valence-corrected chi connectivity index (χ4v) is 18.5. The van der Waals surface area contributed by atoms with Crippen LogP contribution in [0.25, 0.3) is 27.4 Å². The number of carbonyl (C=O) groups is 7. The minimum atomic E-state index is -5.32. The number of nitrogens with zero attached hydrogens (tertiary/aromatic N) is 9. The van der Waals surface area contributed by atoms with Gasteiger partial charge in [0.25, 0.3) is 7.82 Å². The van der Waals surface area contributed by atoms with Crippen molar-refractivity contribution in [3.05, 3.63) is 88.2 Å². The Morgan fingerprint density at radius 1 is 0.771 bits per heavy atom. The molecular weight excluding hydrogens is 1480 g/mol. The number of nitrogen functional groups attached to an aromatic ring is 1. The molecule has 1 aromatic carbocycles. The van der Waals surface area contributed by atoms with Crippen LogP contribution < -0.4 is 50.3 Å². The molecule has 0 saturated carbocycles. The Balaban J connectivity index is 0.000000623. The Morgan fingerprint density at radius 3 is 1.99 bits per heavy atom. The minimum Gasteiger partial charge on any atom is -0.756 e. The van der Waals surface area contributed by atoms with E-state index in [2.05, 4.69) is 37.4 Å². The fourth-order valence-electron chi connectivity index (χ4n) is 17.4. The number of nitrogens with two attached hydrogens (primary N) is 7. The Kier molecular flexibility index (Phi) is 25.0. The monoisotopic (exact) mass is 1580 g/mol. The maximum absolute atomic E-state index is 14.4. The van der Waals surface area contributed by atoms with Crippen LogP contribution in [0.5, 0.6) is 0 Å². The van der Waals surface area contributed by atoms with Gasteiger partial charge in [-0.05, 0) is 125 Å². The van der Waals surface area contributed by atoms with Crippen LogP contribution in [0.15, 0.2) is 74.1 Å². The van der Waals surface area contributed by atoms with Crippen molar-refractivity contribution >= 4 is 94.2 Å². The van der Waals surface area contributed by atoms with Crippen molar-refractivity contribution in [2.45, 2.75) is 213 Å². The molecule has 595 valence electrons. The molecule has 19 atom stereocenters. The molecule has 7 aliphatic rings. The first-order valence-electron chi connectivity index (χ1n) is 35.9. The number of aryl methyl sites for hydroxylation is 2. The van der Waals surface area contributed by atoms with Crippen LogP contribution in [0.2, 0.25) is 0 Å².